The summed E-state index contributed by atoms with van der Waals surface area (Å²) in [5.41, 5.74) is 3.47. The molecule has 3 aromatic rings. The lowest BCUT2D eigenvalue weighted by Crippen LogP contribution is -2.41. The van der Waals surface area contributed by atoms with Gasteiger partial charge >= 0.3 is 0 Å². The van der Waals surface area contributed by atoms with E-state index in [2.05, 4.69) is 12.2 Å². The Balaban J connectivity index is 1.88. The molecular formula is C26H30N2O4S. The van der Waals surface area contributed by atoms with Crippen molar-refractivity contribution in [2.24, 2.45) is 0 Å². The van der Waals surface area contributed by atoms with Crippen molar-refractivity contribution in [3.05, 3.63) is 89.5 Å². The largest absolute Gasteiger partial charge is 0.497 e. The van der Waals surface area contributed by atoms with Crippen molar-refractivity contribution in [3.8, 4) is 5.75 Å². The maximum Gasteiger partial charge on any atom is 0.264 e. The summed E-state index contributed by atoms with van der Waals surface area (Å²) in [6.07, 6.45) is 0.938. The second-order valence-electron chi connectivity index (χ2n) is 7.91. The highest BCUT2D eigenvalue weighted by Crippen LogP contribution is 2.27. The molecule has 0 spiro atoms. The standard InChI is InChI=1S/C26H30N2O4S/c1-5-21-11-13-22(14-12-21)20(3)27-26(29)18-28(23-7-6-8-24(17-23)32-4)33(30,31)25-15-9-19(2)10-16-25/h6-17,20H,5,18H2,1-4H3,(H,27,29)/t20-/m1/s1. The molecule has 0 aliphatic rings. The Bertz CT molecular complexity index is 1190. The number of amides is 1. The molecule has 0 saturated carbocycles. The third kappa shape index (κ3) is 5.93. The molecule has 1 N–H and O–H groups in total. The van der Waals surface area contributed by atoms with Crippen molar-refractivity contribution < 1.29 is 17.9 Å². The van der Waals surface area contributed by atoms with Crippen LogP contribution in [0, 0.1) is 6.92 Å². The summed E-state index contributed by atoms with van der Waals surface area (Å²) in [7, 11) is -2.47. The number of hydrogen-bond acceptors (Lipinski definition) is 4. The maximum atomic E-state index is 13.5. The Kier molecular flexibility index (Phi) is 7.76. The van der Waals surface area contributed by atoms with Gasteiger partial charge in [0.15, 0.2) is 0 Å². The fourth-order valence-electron chi connectivity index (χ4n) is 3.46. The minimum Gasteiger partial charge on any atom is -0.497 e. The van der Waals surface area contributed by atoms with E-state index in [-0.39, 0.29) is 17.5 Å². The zero-order chi connectivity index (χ0) is 24.0. The number of sulfonamides is 1. The summed E-state index contributed by atoms with van der Waals surface area (Å²) in [5, 5.41) is 2.92. The van der Waals surface area contributed by atoms with Crippen LogP contribution >= 0.6 is 0 Å². The van der Waals surface area contributed by atoms with E-state index in [0.29, 0.717) is 11.4 Å². The molecule has 3 rings (SSSR count). The van der Waals surface area contributed by atoms with Crippen LogP contribution in [-0.4, -0.2) is 28.0 Å². The van der Waals surface area contributed by atoms with E-state index in [1.807, 2.05) is 38.1 Å². The number of rotatable bonds is 9. The van der Waals surface area contributed by atoms with Gasteiger partial charge in [0.25, 0.3) is 10.0 Å². The number of carbonyl (C=O) groups excluding carboxylic acids is 1. The number of carbonyl (C=O) groups is 1. The topological polar surface area (TPSA) is 75.7 Å². The summed E-state index contributed by atoms with van der Waals surface area (Å²) in [5.74, 6) is 0.0990. The number of nitrogens with one attached hydrogen (secondary N) is 1. The summed E-state index contributed by atoms with van der Waals surface area (Å²) < 4.78 is 33.4. The average Bonchev–Trinajstić information content (AvgIpc) is 2.82. The van der Waals surface area contributed by atoms with Gasteiger partial charge in [-0.05, 0) is 55.7 Å². The van der Waals surface area contributed by atoms with Crippen LogP contribution in [-0.2, 0) is 21.2 Å². The summed E-state index contributed by atoms with van der Waals surface area (Å²) in [6.45, 7) is 5.49. The highest BCUT2D eigenvalue weighted by Gasteiger charge is 2.28. The number of benzene rings is 3. The number of anilines is 1. The Labute approximate surface area is 196 Å². The Morgan fingerprint density at radius 3 is 2.30 bits per heavy atom. The van der Waals surface area contributed by atoms with Crippen LogP contribution in [0.5, 0.6) is 5.75 Å². The minimum atomic E-state index is -3.98. The van der Waals surface area contributed by atoms with E-state index in [0.717, 1.165) is 21.9 Å². The van der Waals surface area contributed by atoms with E-state index in [9.17, 15) is 13.2 Å². The first-order valence-electron chi connectivity index (χ1n) is 10.9. The van der Waals surface area contributed by atoms with Gasteiger partial charge in [0.2, 0.25) is 5.91 Å². The normalized spacial score (nSPS) is 12.1. The average molecular weight is 467 g/mol. The maximum absolute atomic E-state index is 13.5. The molecular weight excluding hydrogens is 436 g/mol. The van der Waals surface area contributed by atoms with Crippen LogP contribution in [0.25, 0.3) is 0 Å². The van der Waals surface area contributed by atoms with Gasteiger partial charge in [-0.3, -0.25) is 9.10 Å². The van der Waals surface area contributed by atoms with Gasteiger partial charge in [-0.2, -0.15) is 0 Å². The zero-order valence-corrected chi connectivity index (χ0v) is 20.2. The first kappa shape index (κ1) is 24.3. The molecule has 1 amide bonds. The van der Waals surface area contributed by atoms with Gasteiger partial charge in [0.05, 0.1) is 23.7 Å². The van der Waals surface area contributed by atoms with E-state index in [1.54, 1.807) is 48.5 Å². The molecule has 0 aliphatic carbocycles. The molecule has 0 bridgehead atoms. The Morgan fingerprint density at radius 1 is 1.03 bits per heavy atom. The highest BCUT2D eigenvalue weighted by molar-refractivity contribution is 7.92. The van der Waals surface area contributed by atoms with Gasteiger partial charge in [0.1, 0.15) is 12.3 Å². The molecule has 0 aliphatic heterocycles. The van der Waals surface area contributed by atoms with Gasteiger partial charge in [-0.25, -0.2) is 8.42 Å². The lowest BCUT2D eigenvalue weighted by atomic mass is 10.1. The summed E-state index contributed by atoms with van der Waals surface area (Å²) in [6, 6.07) is 21.0. The Morgan fingerprint density at radius 2 is 1.70 bits per heavy atom. The van der Waals surface area contributed by atoms with E-state index >= 15 is 0 Å². The smallest absolute Gasteiger partial charge is 0.264 e. The third-order valence-corrected chi connectivity index (χ3v) is 7.29. The van der Waals surface area contributed by atoms with Gasteiger partial charge in [0, 0.05) is 6.07 Å². The molecule has 0 saturated heterocycles. The molecule has 0 heterocycles. The van der Waals surface area contributed by atoms with Gasteiger partial charge in [-0.15, -0.1) is 0 Å². The fourth-order valence-corrected chi connectivity index (χ4v) is 4.87. The van der Waals surface area contributed by atoms with E-state index in [1.165, 1.54) is 12.7 Å². The lowest BCUT2D eigenvalue weighted by Gasteiger charge is -2.25. The summed E-state index contributed by atoms with van der Waals surface area (Å²) >= 11 is 0. The first-order chi connectivity index (χ1) is 15.7. The van der Waals surface area contributed by atoms with Gasteiger partial charge < -0.3 is 10.1 Å². The van der Waals surface area contributed by atoms with Crippen molar-refractivity contribution in [3.63, 3.8) is 0 Å². The summed E-state index contributed by atoms with van der Waals surface area (Å²) in [4.78, 5) is 13.1. The first-order valence-corrected chi connectivity index (χ1v) is 12.3. The van der Waals surface area contributed by atoms with Crippen molar-refractivity contribution in [1.29, 1.82) is 0 Å². The number of nitrogens with zero attached hydrogens (tertiary/aromatic N) is 1. The molecule has 33 heavy (non-hydrogen) atoms. The van der Waals surface area contributed by atoms with Crippen LogP contribution in [0.2, 0.25) is 0 Å². The highest BCUT2D eigenvalue weighted by atomic mass is 32.2. The number of methoxy groups -OCH3 is 1. The SMILES string of the molecule is CCc1ccc([C@@H](C)NC(=O)CN(c2cccc(OC)c2)S(=O)(=O)c2ccc(C)cc2)cc1. The quantitative estimate of drug-likeness (QED) is 0.499. The zero-order valence-electron chi connectivity index (χ0n) is 19.4. The molecule has 6 nitrogen and oxygen atoms in total. The monoisotopic (exact) mass is 466 g/mol. The Hall–Kier alpha value is -3.32. The van der Waals surface area contributed by atoms with E-state index in [4.69, 9.17) is 4.74 Å². The van der Waals surface area contributed by atoms with Crippen molar-refractivity contribution in [2.45, 2.75) is 38.1 Å². The molecule has 0 radical (unpaired) electrons. The predicted molar refractivity (Wildman–Crippen MR) is 131 cm³/mol. The van der Waals surface area contributed by atoms with Crippen LogP contribution in [0.15, 0.2) is 77.7 Å². The van der Waals surface area contributed by atoms with Crippen LogP contribution in [0.1, 0.15) is 36.6 Å². The molecule has 174 valence electrons. The molecule has 0 fully saturated rings. The number of hydrogen-bond donors (Lipinski definition) is 1. The van der Waals surface area contributed by atoms with Crippen LogP contribution < -0.4 is 14.4 Å². The van der Waals surface area contributed by atoms with Crippen molar-refractivity contribution in [1.82, 2.24) is 5.32 Å². The van der Waals surface area contributed by atoms with E-state index < -0.39 is 15.9 Å². The second-order valence-corrected chi connectivity index (χ2v) is 9.77. The molecule has 3 aromatic carbocycles. The lowest BCUT2D eigenvalue weighted by molar-refractivity contribution is -0.120. The molecule has 0 aromatic heterocycles. The molecule has 7 heteroatoms. The van der Waals surface area contributed by atoms with Crippen molar-refractivity contribution >= 4 is 21.6 Å². The van der Waals surface area contributed by atoms with Crippen LogP contribution in [0.3, 0.4) is 0 Å². The predicted octanol–water partition coefficient (Wildman–Crippen LogP) is 4.64. The third-order valence-electron chi connectivity index (χ3n) is 5.50. The number of ether oxygens (including phenoxy) is 1. The molecule has 0 unspecified atom stereocenters. The second kappa shape index (κ2) is 10.5. The van der Waals surface area contributed by atoms with Gasteiger partial charge in [-0.1, -0.05) is 55.0 Å². The van der Waals surface area contributed by atoms with Crippen LogP contribution in [0.4, 0.5) is 5.69 Å². The fraction of sp³-hybridized carbons (Fsp3) is 0.269. The molecule has 1 atom stereocenters. The number of aryl methyl sites for hydroxylation is 2. The van der Waals surface area contributed by atoms with Crippen molar-refractivity contribution in [2.75, 3.05) is 18.0 Å². The minimum absolute atomic E-state index is 0.118.